The molecule has 11 aliphatic rings. The van der Waals surface area contributed by atoms with E-state index in [1.807, 2.05) is 0 Å². The summed E-state index contributed by atoms with van der Waals surface area (Å²) in [6, 6.07) is -9.86. The van der Waals surface area contributed by atoms with Crippen LogP contribution in [0, 0.1) is 0 Å². The Labute approximate surface area is 775 Å². The second-order valence-corrected chi connectivity index (χ2v) is 34.5. The summed E-state index contributed by atoms with van der Waals surface area (Å²) in [4.78, 5) is 65.1. The number of hydrogen-bond acceptors (Lipinski definition) is 56. The Morgan fingerprint density at radius 1 is 0.190 bits per heavy atom. The lowest BCUT2D eigenvalue weighted by Gasteiger charge is -2.51. The highest BCUT2D eigenvalue weighted by molar-refractivity contribution is 5.75. The average molecular weight is 2010 g/mol. The van der Waals surface area contributed by atoms with Crippen LogP contribution in [0.5, 0.6) is 0 Å². The number of amides is 5. The fourth-order valence-corrected chi connectivity index (χ4v) is 17.8. The average Bonchev–Trinajstić information content (AvgIpc) is 0.755. The minimum absolute atomic E-state index is 0.827. The first-order valence-electron chi connectivity index (χ1n) is 43.7. The number of aliphatic hydroxyl groups is 30. The third kappa shape index (κ3) is 25.0. The van der Waals surface area contributed by atoms with Crippen LogP contribution in [0.15, 0.2) is 0 Å². The number of carbonyl (C=O) groups excluding carboxylic acids is 5. The maximum Gasteiger partial charge on any atom is 0.217 e. The van der Waals surface area contributed by atoms with Gasteiger partial charge in [0.05, 0.1) is 72.7 Å². The van der Waals surface area contributed by atoms with E-state index in [2.05, 4.69) is 26.6 Å². The third-order valence-electron chi connectivity index (χ3n) is 25.0. The highest BCUT2D eigenvalue weighted by Crippen LogP contribution is 2.42. The summed E-state index contributed by atoms with van der Waals surface area (Å²) < 4.78 is 126. The molecule has 0 aromatic carbocycles. The monoisotopic (exact) mass is 2010 g/mol. The Hall–Kier alpha value is -4.69. The molecule has 0 spiro atoms. The normalized spacial score (nSPS) is 48.9. The van der Waals surface area contributed by atoms with Gasteiger partial charge in [0.1, 0.15) is 268 Å². The SMILES string of the molecule is CC(=O)N[C@@H]1[C@@H](O)[C@H](O[C@@H]2O[C@H](CO)[C@@H](O[C@@H]3O[C@H](CO[C@H]4O[C@H](CO)[C@@H](O[C@@H]5O[C@H](CO)[C@@H](O[C@@H]6O[C@H](CO)[C@H](O)[C@H](O)[C@H]6O)[C@H](O)[C@H]5NC(C)=O)[C@H](O)[C@@H]4O[C@@H]4O[C@H](CO)[C@@H](O[C@@H]5O[C@H](CO)[C@H](O)[C@H](O)[C@H]5O)[C@H](O)[C@H]4NC(C)=O)[C@@H](O)[C@H](O[C@H]4O[C@H](CO)[C@@H](O)[C@H](O)[C@@H]4O[C@@H]4O[C@H](CO)[C@@H](O[C@@H]5O[C@H](CO)[C@H](O)[C@H](O)[C@H]5O)[C@H](O)[C@H]4NC(C)=O)[C@@H]3O)[C@H](O)[C@H]2NC(C)=O)[C@@H](CO)O[C@H]1O. The molecule has 5 amide bonds. The van der Waals surface area contributed by atoms with E-state index in [0.29, 0.717) is 0 Å². The standard InChI is InChI=1S/C76H127N5O56/c1-17(92)77-33-43(102)57(26(10-86)118-66(33)116)129-67-34(78-18(2)93)45(104)61(30(14-90)123-67)134-74-56(115)63(135-76-64(51(110)41(100)25(9-85)122-76)136-69-36(80-20(4)95)46(105)59(28(12-88)125-69)132-72-53(112)49(108)39(98)23(7-83)120-72)42(101)32(128-74)16-117-75-65(137-70-37(81-21(5)96)47(106)60(29(13-89)126-70)133-73-54(113)50(109)40(99)24(8-84)121-73)55(114)62(31(15-91)127-75)130-68-35(79-19(3)94)44(103)58(27(11-87)124-68)131-71-52(111)48(107)38(97)22(6-82)119-71/h22-76,82-91,97-116H,6-16H2,1-5H3,(H,77,92)(H,78,93)(H,79,94)(H,80,95)(H,81,96)/t22-,23-,24-,25-,26-,27-,28-,29-,30-,31-,32-,33-,34-,35-,36-,37-,38+,39+,40+,41-,42-,43-,44-,45-,46-,47-,48+,49+,50+,51+,52-,53-,54-,55+,56+,57-,58-,59-,60-,61-,62-,63+,64+,65+,66-,67+,68+,69+,70+,71+,72+,73+,74+,75+,76-/m1/s1. The quantitative estimate of drug-likeness (QED) is 0.0277. The van der Waals surface area contributed by atoms with E-state index >= 15 is 0 Å². The van der Waals surface area contributed by atoms with E-state index in [-0.39, 0.29) is 0 Å². The van der Waals surface area contributed by atoms with Crippen molar-refractivity contribution in [1.29, 1.82) is 0 Å². The largest absolute Gasteiger partial charge is 0.394 e. The van der Waals surface area contributed by atoms with E-state index in [1.165, 1.54) is 0 Å². The first-order valence-corrected chi connectivity index (χ1v) is 43.7. The Balaban J connectivity index is 0.975. The molecular weight excluding hydrogens is 1880 g/mol. The van der Waals surface area contributed by atoms with Crippen molar-refractivity contribution in [3.05, 3.63) is 0 Å². The molecule has 0 aromatic rings. The number of hydrogen-bond donors (Lipinski definition) is 35. The van der Waals surface area contributed by atoms with Crippen molar-refractivity contribution in [2.45, 2.75) is 372 Å². The lowest BCUT2D eigenvalue weighted by Crippen LogP contribution is -2.71. The zero-order chi connectivity index (χ0) is 101. The van der Waals surface area contributed by atoms with E-state index < -0.39 is 440 Å². The van der Waals surface area contributed by atoms with Crippen LogP contribution in [0.4, 0.5) is 0 Å². The molecule has 792 valence electrons. The number of carbonyl (C=O) groups is 5. The lowest BCUT2D eigenvalue weighted by atomic mass is 9.93. The molecule has 55 atom stereocenters. The molecule has 61 nitrogen and oxygen atoms in total. The van der Waals surface area contributed by atoms with Gasteiger partial charge in [0.25, 0.3) is 0 Å². The van der Waals surface area contributed by atoms with Crippen molar-refractivity contribution < 1.29 is 277 Å². The van der Waals surface area contributed by atoms with Gasteiger partial charge in [0.15, 0.2) is 69.2 Å². The minimum atomic E-state index is -2.70. The van der Waals surface area contributed by atoms with Crippen LogP contribution in [0.25, 0.3) is 0 Å². The molecule has 0 aliphatic carbocycles. The molecule has 0 radical (unpaired) electrons. The lowest BCUT2D eigenvalue weighted by molar-refractivity contribution is -0.401. The van der Waals surface area contributed by atoms with Crippen molar-refractivity contribution in [3.8, 4) is 0 Å². The van der Waals surface area contributed by atoms with Crippen molar-refractivity contribution in [2.75, 3.05) is 72.7 Å². The Morgan fingerprint density at radius 2 is 0.401 bits per heavy atom. The zero-order valence-corrected chi connectivity index (χ0v) is 73.6. The summed E-state index contributed by atoms with van der Waals surface area (Å²) in [7, 11) is 0. The Kier molecular flexibility index (Phi) is 40.7. The molecule has 137 heavy (non-hydrogen) atoms. The first-order chi connectivity index (χ1) is 64.9. The Morgan fingerprint density at radius 3 is 0.701 bits per heavy atom. The van der Waals surface area contributed by atoms with Crippen molar-refractivity contribution in [3.63, 3.8) is 0 Å². The van der Waals surface area contributed by atoms with Gasteiger partial charge in [0, 0.05) is 34.6 Å². The van der Waals surface area contributed by atoms with E-state index in [1.54, 1.807) is 0 Å². The molecule has 11 saturated heterocycles. The van der Waals surface area contributed by atoms with Crippen LogP contribution in [0.3, 0.4) is 0 Å². The molecule has 11 fully saturated rings. The highest BCUT2D eigenvalue weighted by Gasteiger charge is 2.63. The second kappa shape index (κ2) is 49.5. The minimum Gasteiger partial charge on any atom is -0.394 e. The van der Waals surface area contributed by atoms with E-state index in [4.69, 9.17) is 99.5 Å². The van der Waals surface area contributed by atoms with E-state index in [0.717, 1.165) is 34.6 Å². The van der Waals surface area contributed by atoms with Crippen molar-refractivity contribution >= 4 is 29.5 Å². The zero-order valence-electron chi connectivity index (χ0n) is 73.6. The van der Waals surface area contributed by atoms with Crippen LogP contribution >= 0.6 is 0 Å². The summed E-state index contributed by atoms with van der Waals surface area (Å²) in [5.74, 6) is -4.88. The fourth-order valence-electron chi connectivity index (χ4n) is 17.8. The Bertz CT molecular complexity index is 3780. The second-order valence-electron chi connectivity index (χ2n) is 34.5. The van der Waals surface area contributed by atoms with Crippen LogP contribution in [0.1, 0.15) is 34.6 Å². The van der Waals surface area contributed by atoms with Crippen molar-refractivity contribution in [2.24, 2.45) is 0 Å². The molecular formula is C76H127N5O56. The predicted molar refractivity (Wildman–Crippen MR) is 420 cm³/mol. The van der Waals surface area contributed by atoms with Gasteiger partial charge in [-0.25, -0.2) is 0 Å². The maximum absolute atomic E-state index is 13.4. The summed E-state index contributed by atoms with van der Waals surface area (Å²) in [6.45, 7) is -8.37. The predicted octanol–water partition coefficient (Wildman–Crippen LogP) is -24.3. The molecule has 11 heterocycles. The maximum atomic E-state index is 13.4. The first kappa shape index (κ1) is 113. The third-order valence-corrected chi connectivity index (χ3v) is 25.0. The number of nitrogens with one attached hydrogen (secondary N) is 5. The summed E-state index contributed by atoms with van der Waals surface area (Å²) >= 11 is 0. The van der Waals surface area contributed by atoms with Gasteiger partial charge in [-0.05, 0) is 0 Å². The topological polar surface area (TPSA) is 946 Å². The van der Waals surface area contributed by atoms with Gasteiger partial charge >= 0.3 is 0 Å². The van der Waals surface area contributed by atoms with Crippen molar-refractivity contribution in [1.82, 2.24) is 26.6 Å². The van der Waals surface area contributed by atoms with Crippen LogP contribution in [0.2, 0.25) is 0 Å². The number of rotatable bonds is 36. The molecule has 0 aromatic heterocycles. The molecule has 35 N–H and O–H groups in total. The van der Waals surface area contributed by atoms with Crippen LogP contribution in [-0.4, -0.2) is 593 Å². The fraction of sp³-hybridized carbons (Fsp3) is 0.934. The van der Waals surface area contributed by atoms with Crippen LogP contribution < -0.4 is 26.6 Å². The van der Waals surface area contributed by atoms with Gasteiger partial charge < -0.3 is 279 Å². The highest BCUT2D eigenvalue weighted by atomic mass is 16.8. The summed E-state index contributed by atoms with van der Waals surface area (Å²) in [6.07, 6.45) is -108. The molecule has 61 heteroatoms. The molecule has 0 saturated carbocycles. The molecule has 11 rings (SSSR count). The number of ether oxygens (including phenoxy) is 21. The molecule has 0 unspecified atom stereocenters. The van der Waals surface area contributed by atoms with Gasteiger partial charge in [0.2, 0.25) is 29.5 Å². The van der Waals surface area contributed by atoms with Crippen LogP contribution in [-0.2, 0) is 123 Å². The van der Waals surface area contributed by atoms with E-state index in [9.17, 15) is 177 Å². The molecule has 0 bridgehead atoms. The summed E-state index contributed by atoms with van der Waals surface area (Å²) in [5.41, 5.74) is 0. The van der Waals surface area contributed by atoms with Gasteiger partial charge in [-0.3, -0.25) is 24.0 Å². The summed E-state index contributed by atoms with van der Waals surface area (Å²) in [5, 5.41) is 349. The van der Waals surface area contributed by atoms with Gasteiger partial charge in [-0.2, -0.15) is 0 Å². The molecule has 11 aliphatic heterocycles. The van der Waals surface area contributed by atoms with Gasteiger partial charge in [-0.15, -0.1) is 0 Å². The smallest absolute Gasteiger partial charge is 0.217 e. The van der Waals surface area contributed by atoms with Gasteiger partial charge in [-0.1, -0.05) is 0 Å². The number of aliphatic hydroxyl groups excluding tert-OH is 30.